The van der Waals surface area contributed by atoms with E-state index in [0.29, 0.717) is 24.2 Å². The Morgan fingerprint density at radius 1 is 0.688 bits per heavy atom. The molecule has 5 heteroatoms. The third kappa shape index (κ3) is 6.20. The zero-order valence-corrected chi connectivity index (χ0v) is 19.1. The van der Waals surface area contributed by atoms with E-state index in [4.69, 9.17) is 4.74 Å². The van der Waals surface area contributed by atoms with Crippen LogP contribution in [0.5, 0.6) is 5.75 Å². The quantitative estimate of drug-likeness (QED) is 0.563. The first-order valence-electron chi connectivity index (χ1n) is 10.6. The van der Waals surface area contributed by atoms with Crippen molar-refractivity contribution in [3.63, 3.8) is 0 Å². The van der Waals surface area contributed by atoms with Crippen LogP contribution in [-0.2, 0) is 18.5 Å². The zero-order chi connectivity index (χ0) is 23.1. The number of rotatable bonds is 7. The molecule has 0 saturated heterocycles. The molecule has 3 rings (SSSR count). The van der Waals surface area contributed by atoms with Gasteiger partial charge in [0.15, 0.2) is 0 Å². The Hall–Kier alpha value is -3.60. The highest BCUT2D eigenvalue weighted by Gasteiger charge is 2.14. The molecule has 0 bridgehead atoms. The van der Waals surface area contributed by atoms with Crippen LogP contribution in [-0.4, -0.2) is 18.9 Å². The van der Waals surface area contributed by atoms with Crippen LogP contribution in [0.1, 0.15) is 58.2 Å². The molecule has 0 fully saturated rings. The lowest BCUT2D eigenvalue weighted by atomic mass is 9.87. The molecule has 0 aliphatic heterocycles. The van der Waals surface area contributed by atoms with Gasteiger partial charge >= 0.3 is 0 Å². The minimum Gasteiger partial charge on any atom is -0.497 e. The maximum absolute atomic E-state index is 12.4. The molecule has 0 aliphatic carbocycles. The van der Waals surface area contributed by atoms with Crippen LogP contribution in [0.2, 0.25) is 0 Å². The summed E-state index contributed by atoms with van der Waals surface area (Å²) < 4.78 is 5.14. The van der Waals surface area contributed by atoms with Crippen molar-refractivity contribution in [2.75, 3.05) is 7.11 Å². The molecular weight excluding hydrogens is 400 g/mol. The first-order chi connectivity index (χ1) is 15.3. The highest BCUT2D eigenvalue weighted by molar-refractivity contribution is 5.95. The van der Waals surface area contributed by atoms with Gasteiger partial charge in [0.1, 0.15) is 5.75 Å². The minimum atomic E-state index is -0.143. The first-order valence-corrected chi connectivity index (χ1v) is 10.6. The van der Waals surface area contributed by atoms with E-state index < -0.39 is 0 Å². The number of nitrogens with one attached hydrogen (secondary N) is 2. The van der Waals surface area contributed by atoms with Crippen LogP contribution in [0, 0.1) is 0 Å². The van der Waals surface area contributed by atoms with Gasteiger partial charge in [0.25, 0.3) is 11.8 Å². The van der Waals surface area contributed by atoms with Crippen LogP contribution in [0.25, 0.3) is 0 Å². The normalized spacial score (nSPS) is 11.0. The maximum Gasteiger partial charge on any atom is 0.251 e. The third-order valence-corrected chi connectivity index (χ3v) is 5.29. The number of hydrogen-bond acceptors (Lipinski definition) is 3. The molecule has 0 atom stereocenters. The second-order valence-corrected chi connectivity index (χ2v) is 8.74. The van der Waals surface area contributed by atoms with Crippen molar-refractivity contribution in [1.29, 1.82) is 0 Å². The largest absolute Gasteiger partial charge is 0.497 e. The van der Waals surface area contributed by atoms with Crippen molar-refractivity contribution >= 4 is 11.8 Å². The molecule has 2 N–H and O–H groups in total. The van der Waals surface area contributed by atoms with E-state index in [0.717, 1.165) is 16.9 Å². The number of amides is 2. The fraction of sp³-hybridized carbons (Fsp3) is 0.259. The van der Waals surface area contributed by atoms with Crippen molar-refractivity contribution in [2.45, 2.75) is 39.3 Å². The molecule has 0 saturated carbocycles. The SMILES string of the molecule is COc1ccc(CNC(=O)c2ccc(CNC(=O)c3ccc(C(C)(C)C)cc3)cc2)cc1. The summed E-state index contributed by atoms with van der Waals surface area (Å²) in [6.07, 6.45) is 0. The van der Waals surface area contributed by atoms with Crippen LogP contribution in [0.3, 0.4) is 0 Å². The highest BCUT2D eigenvalue weighted by Crippen LogP contribution is 2.22. The number of hydrogen-bond donors (Lipinski definition) is 2. The summed E-state index contributed by atoms with van der Waals surface area (Å²) in [6, 6.07) is 22.5. The highest BCUT2D eigenvalue weighted by atomic mass is 16.5. The van der Waals surface area contributed by atoms with Crippen molar-refractivity contribution in [2.24, 2.45) is 0 Å². The number of benzene rings is 3. The van der Waals surface area contributed by atoms with Gasteiger partial charge in [-0.1, -0.05) is 57.2 Å². The van der Waals surface area contributed by atoms with Crippen molar-refractivity contribution in [3.8, 4) is 5.75 Å². The molecule has 0 aromatic heterocycles. The summed E-state index contributed by atoms with van der Waals surface area (Å²) in [5.41, 5.74) is 4.37. The van der Waals surface area contributed by atoms with E-state index in [1.54, 1.807) is 19.2 Å². The van der Waals surface area contributed by atoms with E-state index >= 15 is 0 Å². The fourth-order valence-corrected chi connectivity index (χ4v) is 3.21. The van der Waals surface area contributed by atoms with Crippen LogP contribution in [0.4, 0.5) is 0 Å². The van der Waals surface area contributed by atoms with E-state index in [1.165, 1.54) is 5.56 Å². The van der Waals surface area contributed by atoms with E-state index in [9.17, 15) is 9.59 Å². The molecule has 166 valence electrons. The fourth-order valence-electron chi connectivity index (χ4n) is 3.21. The lowest BCUT2D eigenvalue weighted by Gasteiger charge is -2.19. The minimum absolute atomic E-state index is 0.0533. The molecule has 0 radical (unpaired) electrons. The Morgan fingerprint density at radius 2 is 1.09 bits per heavy atom. The molecule has 3 aromatic carbocycles. The predicted octanol–water partition coefficient (Wildman–Crippen LogP) is 4.85. The first kappa shape index (κ1) is 23.1. The van der Waals surface area contributed by atoms with Gasteiger partial charge in [-0.25, -0.2) is 0 Å². The molecule has 0 heterocycles. The smallest absolute Gasteiger partial charge is 0.251 e. The predicted molar refractivity (Wildman–Crippen MR) is 127 cm³/mol. The lowest BCUT2D eigenvalue weighted by Crippen LogP contribution is -2.24. The summed E-state index contributed by atoms with van der Waals surface area (Å²) in [4.78, 5) is 24.8. The number of methoxy groups -OCH3 is 1. The van der Waals surface area contributed by atoms with Gasteiger partial charge in [0.2, 0.25) is 0 Å². The molecule has 3 aromatic rings. The van der Waals surface area contributed by atoms with E-state index in [2.05, 4.69) is 31.4 Å². The van der Waals surface area contributed by atoms with Crippen LogP contribution < -0.4 is 15.4 Å². The maximum atomic E-state index is 12.4. The van der Waals surface area contributed by atoms with Gasteiger partial charge in [0.05, 0.1) is 7.11 Å². The summed E-state index contributed by atoms with van der Waals surface area (Å²) >= 11 is 0. The Kier molecular flexibility index (Phi) is 7.31. The number of ether oxygens (including phenoxy) is 1. The molecule has 32 heavy (non-hydrogen) atoms. The second-order valence-electron chi connectivity index (χ2n) is 8.74. The van der Waals surface area contributed by atoms with Gasteiger partial charge in [-0.15, -0.1) is 0 Å². The molecule has 0 spiro atoms. The topological polar surface area (TPSA) is 67.4 Å². The van der Waals surface area contributed by atoms with Crippen LogP contribution >= 0.6 is 0 Å². The van der Waals surface area contributed by atoms with Gasteiger partial charge in [-0.05, 0) is 58.5 Å². The van der Waals surface area contributed by atoms with Gasteiger partial charge in [-0.3, -0.25) is 9.59 Å². The van der Waals surface area contributed by atoms with Crippen molar-refractivity contribution in [3.05, 3.63) is 101 Å². The lowest BCUT2D eigenvalue weighted by molar-refractivity contribution is 0.0941. The zero-order valence-electron chi connectivity index (χ0n) is 19.1. The number of carbonyl (C=O) groups is 2. The Morgan fingerprint density at radius 3 is 1.50 bits per heavy atom. The Balaban J connectivity index is 1.50. The van der Waals surface area contributed by atoms with Gasteiger partial charge < -0.3 is 15.4 Å². The average Bonchev–Trinajstić information content (AvgIpc) is 2.81. The standard InChI is InChI=1S/C27H30N2O3/c1-27(2,3)23-13-11-22(12-14-23)26(31)28-17-19-5-9-21(10-6-19)25(30)29-18-20-7-15-24(32-4)16-8-20/h5-16H,17-18H2,1-4H3,(H,28,31)(H,29,30). The molecule has 0 aliphatic rings. The second kappa shape index (κ2) is 10.1. The van der Waals surface area contributed by atoms with Gasteiger partial charge in [0, 0.05) is 24.2 Å². The average molecular weight is 431 g/mol. The number of carbonyl (C=O) groups excluding carboxylic acids is 2. The Labute approximate surface area is 189 Å². The summed E-state index contributed by atoms with van der Waals surface area (Å²) in [6.45, 7) is 7.27. The molecule has 0 unspecified atom stereocenters. The summed E-state index contributed by atoms with van der Waals surface area (Å²) in [7, 11) is 1.62. The van der Waals surface area contributed by atoms with E-state index in [-0.39, 0.29) is 17.2 Å². The molecule has 5 nitrogen and oxygen atoms in total. The summed E-state index contributed by atoms with van der Waals surface area (Å²) in [5.74, 6) is 0.520. The monoisotopic (exact) mass is 430 g/mol. The third-order valence-electron chi connectivity index (χ3n) is 5.29. The molecule has 2 amide bonds. The van der Waals surface area contributed by atoms with Gasteiger partial charge in [-0.2, -0.15) is 0 Å². The van der Waals surface area contributed by atoms with E-state index in [1.807, 2.05) is 60.7 Å². The Bertz CT molecular complexity index is 1050. The summed E-state index contributed by atoms with van der Waals surface area (Å²) in [5, 5.41) is 5.84. The molecular formula is C27H30N2O3. The van der Waals surface area contributed by atoms with Crippen molar-refractivity contribution < 1.29 is 14.3 Å². The van der Waals surface area contributed by atoms with Crippen LogP contribution in [0.15, 0.2) is 72.8 Å². The van der Waals surface area contributed by atoms with Crippen molar-refractivity contribution in [1.82, 2.24) is 10.6 Å².